The van der Waals surface area contributed by atoms with Crippen LogP contribution >= 0.6 is 0 Å². The highest BCUT2D eigenvalue weighted by Crippen LogP contribution is 2.12. The fourth-order valence-corrected chi connectivity index (χ4v) is 2.38. The van der Waals surface area contributed by atoms with Crippen molar-refractivity contribution in [1.82, 2.24) is 9.80 Å². The normalized spacial score (nSPS) is 29.2. The summed E-state index contributed by atoms with van der Waals surface area (Å²) in [7, 11) is 0. The fraction of sp³-hybridized carbons (Fsp3) is 0.833. The number of ether oxygens (including phenoxy) is 2. The molecule has 0 saturated carbocycles. The van der Waals surface area contributed by atoms with Gasteiger partial charge in [-0.3, -0.25) is 9.59 Å². The van der Waals surface area contributed by atoms with Gasteiger partial charge in [0.05, 0.1) is 25.4 Å². The van der Waals surface area contributed by atoms with Crippen LogP contribution in [-0.4, -0.2) is 73.2 Å². The summed E-state index contributed by atoms with van der Waals surface area (Å²) in [6.45, 7) is 6.81. The first-order chi connectivity index (χ1) is 8.58. The van der Waals surface area contributed by atoms with Gasteiger partial charge >= 0.3 is 11.8 Å². The molecule has 0 aromatic carbocycles. The first kappa shape index (κ1) is 13.3. The van der Waals surface area contributed by atoms with E-state index in [0.717, 1.165) is 0 Å². The molecule has 2 unspecified atom stereocenters. The third-order valence-corrected chi connectivity index (χ3v) is 3.19. The molecule has 0 spiro atoms. The fourth-order valence-electron chi connectivity index (χ4n) is 2.38. The van der Waals surface area contributed by atoms with Crippen molar-refractivity contribution in [2.75, 3.05) is 39.4 Å². The van der Waals surface area contributed by atoms with Gasteiger partial charge in [0.1, 0.15) is 0 Å². The maximum atomic E-state index is 12.1. The summed E-state index contributed by atoms with van der Waals surface area (Å²) >= 11 is 0. The van der Waals surface area contributed by atoms with E-state index < -0.39 is 11.8 Å². The van der Waals surface area contributed by atoms with Gasteiger partial charge in [-0.1, -0.05) is 0 Å². The Kier molecular flexibility index (Phi) is 4.19. The summed E-state index contributed by atoms with van der Waals surface area (Å²) in [4.78, 5) is 27.3. The Labute approximate surface area is 107 Å². The molecule has 18 heavy (non-hydrogen) atoms. The van der Waals surface area contributed by atoms with Gasteiger partial charge in [0.15, 0.2) is 0 Å². The Morgan fingerprint density at radius 1 is 0.944 bits per heavy atom. The SMILES string of the molecule is CC1CN(C(=O)C(=O)N2CCOCC2)CC(C)O1. The lowest BCUT2D eigenvalue weighted by atomic mass is 10.2. The van der Waals surface area contributed by atoms with Crippen molar-refractivity contribution in [3.63, 3.8) is 0 Å². The third-order valence-electron chi connectivity index (χ3n) is 3.19. The molecule has 0 N–H and O–H groups in total. The predicted octanol–water partition coefficient (Wildman–Crippen LogP) is -0.519. The molecule has 2 atom stereocenters. The van der Waals surface area contributed by atoms with Crippen LogP contribution in [0.3, 0.4) is 0 Å². The molecule has 6 nitrogen and oxygen atoms in total. The van der Waals surface area contributed by atoms with Crippen molar-refractivity contribution in [1.29, 1.82) is 0 Å². The summed E-state index contributed by atoms with van der Waals surface area (Å²) in [5.74, 6) is -0.835. The number of carbonyl (C=O) groups excluding carboxylic acids is 2. The monoisotopic (exact) mass is 256 g/mol. The molecule has 0 bridgehead atoms. The number of carbonyl (C=O) groups is 2. The molecule has 6 heteroatoms. The van der Waals surface area contributed by atoms with Gasteiger partial charge in [0.2, 0.25) is 0 Å². The van der Waals surface area contributed by atoms with Crippen molar-refractivity contribution >= 4 is 11.8 Å². The lowest BCUT2D eigenvalue weighted by Crippen LogP contribution is -2.54. The van der Waals surface area contributed by atoms with E-state index in [-0.39, 0.29) is 12.2 Å². The van der Waals surface area contributed by atoms with E-state index in [0.29, 0.717) is 39.4 Å². The zero-order valence-electron chi connectivity index (χ0n) is 10.9. The van der Waals surface area contributed by atoms with Crippen LogP contribution in [0, 0.1) is 0 Å². The van der Waals surface area contributed by atoms with E-state index in [2.05, 4.69) is 0 Å². The van der Waals surface area contributed by atoms with Gasteiger partial charge in [0.25, 0.3) is 0 Å². The van der Waals surface area contributed by atoms with Crippen LogP contribution in [0.4, 0.5) is 0 Å². The minimum Gasteiger partial charge on any atom is -0.378 e. The van der Waals surface area contributed by atoms with Gasteiger partial charge in [-0.25, -0.2) is 0 Å². The number of morpholine rings is 2. The second-order valence-electron chi connectivity index (χ2n) is 4.87. The number of rotatable bonds is 0. The van der Waals surface area contributed by atoms with E-state index in [1.165, 1.54) is 0 Å². The van der Waals surface area contributed by atoms with Crippen molar-refractivity contribution in [2.45, 2.75) is 26.1 Å². The largest absolute Gasteiger partial charge is 0.378 e. The van der Waals surface area contributed by atoms with E-state index in [1.807, 2.05) is 13.8 Å². The molecule has 2 heterocycles. The third kappa shape index (κ3) is 3.00. The molecule has 0 aliphatic carbocycles. The van der Waals surface area contributed by atoms with Crippen LogP contribution in [0.2, 0.25) is 0 Å². The lowest BCUT2D eigenvalue weighted by Gasteiger charge is -2.36. The molecule has 102 valence electrons. The van der Waals surface area contributed by atoms with Crippen LogP contribution in [0.5, 0.6) is 0 Å². The Morgan fingerprint density at radius 2 is 1.44 bits per heavy atom. The second kappa shape index (κ2) is 5.67. The van der Waals surface area contributed by atoms with E-state index in [1.54, 1.807) is 9.80 Å². The van der Waals surface area contributed by atoms with Crippen LogP contribution in [0.1, 0.15) is 13.8 Å². The maximum Gasteiger partial charge on any atom is 0.312 e. The second-order valence-corrected chi connectivity index (χ2v) is 4.87. The first-order valence-electron chi connectivity index (χ1n) is 6.39. The number of hydrogen-bond donors (Lipinski definition) is 0. The van der Waals surface area contributed by atoms with Crippen LogP contribution in [0.15, 0.2) is 0 Å². The van der Waals surface area contributed by atoms with Gasteiger partial charge < -0.3 is 19.3 Å². The molecule has 0 aromatic heterocycles. The molecule has 2 rings (SSSR count). The minimum absolute atomic E-state index is 0.0183. The summed E-state index contributed by atoms with van der Waals surface area (Å²) in [5.41, 5.74) is 0. The Hall–Kier alpha value is -1.14. The molecule has 2 aliphatic rings. The highest BCUT2D eigenvalue weighted by atomic mass is 16.5. The summed E-state index contributed by atoms with van der Waals surface area (Å²) in [5, 5.41) is 0. The van der Waals surface area contributed by atoms with Crippen LogP contribution in [0.25, 0.3) is 0 Å². The van der Waals surface area contributed by atoms with Crippen LogP contribution < -0.4 is 0 Å². The molecule has 2 saturated heterocycles. The Bertz CT molecular complexity index is 318. The predicted molar refractivity (Wildman–Crippen MR) is 64.0 cm³/mol. The van der Waals surface area contributed by atoms with E-state index >= 15 is 0 Å². The molecule has 2 fully saturated rings. The number of nitrogens with zero attached hydrogens (tertiary/aromatic N) is 2. The summed E-state index contributed by atoms with van der Waals surface area (Å²) in [6, 6.07) is 0. The van der Waals surface area contributed by atoms with Crippen molar-refractivity contribution in [2.24, 2.45) is 0 Å². The summed E-state index contributed by atoms with van der Waals surface area (Å²) < 4.78 is 10.7. The van der Waals surface area contributed by atoms with Crippen molar-refractivity contribution in [3.05, 3.63) is 0 Å². The average molecular weight is 256 g/mol. The van der Waals surface area contributed by atoms with E-state index in [4.69, 9.17) is 9.47 Å². The topological polar surface area (TPSA) is 59.1 Å². The van der Waals surface area contributed by atoms with Gasteiger partial charge in [-0.05, 0) is 13.8 Å². The highest BCUT2D eigenvalue weighted by Gasteiger charge is 2.32. The summed E-state index contributed by atoms with van der Waals surface area (Å²) in [6.07, 6.45) is -0.0367. The zero-order chi connectivity index (χ0) is 13.1. The van der Waals surface area contributed by atoms with Gasteiger partial charge in [-0.2, -0.15) is 0 Å². The van der Waals surface area contributed by atoms with E-state index in [9.17, 15) is 9.59 Å². The molecular formula is C12H20N2O4. The zero-order valence-corrected chi connectivity index (χ0v) is 10.9. The first-order valence-corrected chi connectivity index (χ1v) is 6.39. The smallest absolute Gasteiger partial charge is 0.312 e. The maximum absolute atomic E-state index is 12.1. The van der Waals surface area contributed by atoms with Gasteiger partial charge in [0, 0.05) is 26.2 Å². The number of amides is 2. The standard InChI is InChI=1S/C12H20N2O4/c1-9-7-14(8-10(2)18-9)12(16)11(15)13-3-5-17-6-4-13/h9-10H,3-8H2,1-2H3. The molecule has 2 amide bonds. The molecule has 0 aromatic rings. The average Bonchev–Trinajstić information content (AvgIpc) is 2.37. The Morgan fingerprint density at radius 3 is 2.00 bits per heavy atom. The Balaban J connectivity index is 1.95. The van der Waals surface area contributed by atoms with Crippen molar-refractivity contribution < 1.29 is 19.1 Å². The lowest BCUT2D eigenvalue weighted by molar-refractivity contribution is -0.160. The van der Waals surface area contributed by atoms with Crippen LogP contribution in [-0.2, 0) is 19.1 Å². The van der Waals surface area contributed by atoms with Gasteiger partial charge in [-0.15, -0.1) is 0 Å². The highest BCUT2D eigenvalue weighted by molar-refractivity contribution is 6.34. The minimum atomic E-state index is -0.418. The molecule has 0 radical (unpaired) electrons. The molecular weight excluding hydrogens is 236 g/mol. The molecule has 2 aliphatic heterocycles. The van der Waals surface area contributed by atoms with Crippen molar-refractivity contribution in [3.8, 4) is 0 Å². The number of hydrogen-bond acceptors (Lipinski definition) is 4. The quantitative estimate of drug-likeness (QED) is 0.547.